The first kappa shape index (κ1) is 25.6. The summed E-state index contributed by atoms with van der Waals surface area (Å²) in [6.45, 7) is 1.74. The number of rotatable bonds is 10. The molecule has 5 rings (SSSR count). The molecule has 0 radical (unpaired) electrons. The second-order valence-corrected chi connectivity index (χ2v) is 8.44. The van der Waals surface area contributed by atoms with E-state index in [2.05, 4.69) is 40.9 Å². The number of anilines is 3. The summed E-state index contributed by atoms with van der Waals surface area (Å²) in [5.41, 5.74) is 8.34. The van der Waals surface area contributed by atoms with E-state index in [1.54, 1.807) is 13.2 Å². The highest BCUT2D eigenvalue weighted by molar-refractivity contribution is 5.95. The van der Waals surface area contributed by atoms with E-state index in [-0.39, 0.29) is 17.6 Å². The number of allylic oxidation sites excluding steroid dienone is 1. The van der Waals surface area contributed by atoms with Crippen molar-refractivity contribution in [3.8, 4) is 17.5 Å². The van der Waals surface area contributed by atoms with Crippen LogP contribution in [0.5, 0.6) is 17.5 Å². The van der Waals surface area contributed by atoms with Crippen LogP contribution in [0.3, 0.4) is 0 Å². The van der Waals surface area contributed by atoms with Gasteiger partial charge >= 0.3 is 6.01 Å². The molecule has 0 aliphatic carbocycles. The number of nitrogens with zero attached hydrogens (tertiary/aromatic N) is 5. The molecule has 0 amide bonds. The predicted molar refractivity (Wildman–Crippen MR) is 146 cm³/mol. The first-order chi connectivity index (χ1) is 19.0. The number of benzene rings is 2. The molecule has 13 heteroatoms. The minimum absolute atomic E-state index is 0.0478. The Morgan fingerprint density at radius 1 is 1.08 bits per heavy atom. The van der Waals surface area contributed by atoms with E-state index in [4.69, 9.17) is 19.9 Å². The van der Waals surface area contributed by atoms with E-state index < -0.39 is 5.82 Å². The van der Waals surface area contributed by atoms with Gasteiger partial charge in [-0.15, -0.1) is 0 Å². The number of aliphatic imine (C=N–C) groups is 1. The Balaban J connectivity index is 1.29. The van der Waals surface area contributed by atoms with Crippen molar-refractivity contribution in [2.24, 2.45) is 10.7 Å². The molecule has 0 bridgehead atoms. The normalized spacial score (nSPS) is 13.8. The van der Waals surface area contributed by atoms with Crippen molar-refractivity contribution in [1.82, 2.24) is 25.3 Å². The van der Waals surface area contributed by atoms with E-state index in [9.17, 15) is 4.39 Å². The minimum atomic E-state index is -0.614. The molecule has 0 saturated carbocycles. The summed E-state index contributed by atoms with van der Waals surface area (Å²) >= 11 is 0. The molecule has 2 aromatic heterocycles. The molecule has 1 fully saturated rings. The van der Waals surface area contributed by atoms with Crippen molar-refractivity contribution < 1.29 is 18.6 Å². The smallest absolute Gasteiger partial charge is 0.316 e. The lowest BCUT2D eigenvalue weighted by Crippen LogP contribution is -2.51. The predicted octanol–water partition coefficient (Wildman–Crippen LogP) is 3.28. The Kier molecular flexibility index (Phi) is 7.59. The molecule has 39 heavy (non-hydrogen) atoms. The molecule has 1 aliphatic rings. The van der Waals surface area contributed by atoms with Crippen LogP contribution in [0.1, 0.15) is 0 Å². The summed E-state index contributed by atoms with van der Waals surface area (Å²) < 4.78 is 30.7. The number of nitrogens with one attached hydrogen (secondary N) is 3. The zero-order valence-corrected chi connectivity index (χ0v) is 21.2. The Labute approximate surface area is 223 Å². The van der Waals surface area contributed by atoms with Crippen LogP contribution < -0.4 is 35.9 Å². The number of ether oxygens (including phenoxy) is 3. The Morgan fingerprint density at radius 3 is 2.59 bits per heavy atom. The standard InChI is InChI=1S/C26H26FN9O3/c1-37-23-9-20-18(8-21(23)35-17-10-29-11-17)25(34-14-33-20)36-15-3-4-22(19(27)7-15)39-24(28)5-6-30-16-12-31-26(38-2)32-13-16/h3-9,12-14,17,29,35H,10-11,28H2,1-2H3,(H,33,34,36)/b24-5+,30-6?. The Hall–Kier alpha value is -5.04. The molecule has 4 aromatic rings. The van der Waals surface area contributed by atoms with Gasteiger partial charge in [0.1, 0.15) is 17.9 Å². The van der Waals surface area contributed by atoms with Crippen molar-refractivity contribution in [2.75, 3.05) is 37.9 Å². The molecule has 12 nitrogen and oxygen atoms in total. The first-order valence-corrected chi connectivity index (χ1v) is 11.9. The third-order valence-electron chi connectivity index (χ3n) is 5.78. The van der Waals surface area contributed by atoms with Gasteiger partial charge in [0.15, 0.2) is 17.4 Å². The van der Waals surface area contributed by atoms with Gasteiger partial charge in [0.25, 0.3) is 0 Å². The molecular weight excluding hydrogens is 505 g/mol. The number of hydrogen-bond acceptors (Lipinski definition) is 12. The van der Waals surface area contributed by atoms with Crippen LogP contribution >= 0.6 is 0 Å². The molecule has 0 unspecified atom stereocenters. The van der Waals surface area contributed by atoms with Gasteiger partial charge in [-0.1, -0.05) is 0 Å². The Morgan fingerprint density at radius 2 is 1.90 bits per heavy atom. The summed E-state index contributed by atoms with van der Waals surface area (Å²) in [5, 5.41) is 10.6. The third kappa shape index (κ3) is 6.10. The molecule has 1 aliphatic heterocycles. The molecule has 0 spiro atoms. The summed E-state index contributed by atoms with van der Waals surface area (Å²) in [7, 11) is 3.08. The summed E-state index contributed by atoms with van der Waals surface area (Å²) in [6, 6.07) is 8.73. The van der Waals surface area contributed by atoms with Crippen LogP contribution in [0.2, 0.25) is 0 Å². The zero-order chi connectivity index (χ0) is 27.2. The van der Waals surface area contributed by atoms with Gasteiger partial charge in [0, 0.05) is 48.6 Å². The van der Waals surface area contributed by atoms with Crippen LogP contribution in [0.25, 0.3) is 10.9 Å². The summed E-state index contributed by atoms with van der Waals surface area (Å²) in [5.74, 6) is 0.485. The SMILES string of the molecule is COc1ncc(N=C/C=C(\N)Oc2ccc(Nc3ncnc4cc(OC)c(NC5CNC5)cc34)cc2F)cn1. The number of aromatic nitrogens is 4. The van der Waals surface area contributed by atoms with Crippen LogP contribution in [-0.2, 0) is 0 Å². The average Bonchev–Trinajstić information content (AvgIpc) is 2.92. The van der Waals surface area contributed by atoms with Gasteiger partial charge in [-0.2, -0.15) is 0 Å². The van der Waals surface area contributed by atoms with Crippen molar-refractivity contribution in [3.05, 3.63) is 66.8 Å². The second-order valence-electron chi connectivity index (χ2n) is 8.44. The van der Waals surface area contributed by atoms with E-state index in [0.717, 1.165) is 24.2 Å². The number of hydrogen-bond donors (Lipinski definition) is 4. The number of nitrogens with two attached hydrogens (primary N) is 1. The highest BCUT2D eigenvalue weighted by Gasteiger charge is 2.19. The Bertz CT molecular complexity index is 1530. The van der Waals surface area contributed by atoms with Gasteiger partial charge < -0.3 is 35.9 Å². The van der Waals surface area contributed by atoms with Gasteiger partial charge in [0.2, 0.25) is 0 Å². The highest BCUT2D eigenvalue weighted by Crippen LogP contribution is 2.34. The molecule has 5 N–H and O–H groups in total. The van der Waals surface area contributed by atoms with Crippen LogP contribution in [0, 0.1) is 5.82 Å². The third-order valence-corrected chi connectivity index (χ3v) is 5.78. The van der Waals surface area contributed by atoms with Crippen molar-refractivity contribution in [2.45, 2.75) is 6.04 Å². The zero-order valence-electron chi connectivity index (χ0n) is 21.2. The van der Waals surface area contributed by atoms with Gasteiger partial charge in [-0.3, -0.25) is 4.99 Å². The lowest BCUT2D eigenvalue weighted by atomic mass is 10.1. The highest BCUT2D eigenvalue weighted by atomic mass is 19.1. The van der Waals surface area contributed by atoms with Crippen LogP contribution in [0.15, 0.2) is 66.0 Å². The fourth-order valence-electron chi connectivity index (χ4n) is 3.71. The van der Waals surface area contributed by atoms with E-state index in [1.165, 1.54) is 50.3 Å². The first-order valence-electron chi connectivity index (χ1n) is 11.9. The molecule has 3 heterocycles. The number of halogens is 1. The van der Waals surface area contributed by atoms with Crippen LogP contribution in [-0.4, -0.2) is 59.5 Å². The number of methoxy groups -OCH3 is 2. The van der Waals surface area contributed by atoms with E-state index in [0.29, 0.717) is 34.5 Å². The van der Waals surface area contributed by atoms with Crippen LogP contribution in [0.4, 0.5) is 27.3 Å². The van der Waals surface area contributed by atoms with Gasteiger partial charge in [-0.25, -0.2) is 24.3 Å². The van der Waals surface area contributed by atoms with Gasteiger partial charge in [0.05, 0.1) is 49.5 Å². The quantitative estimate of drug-likeness (QED) is 0.176. The second kappa shape index (κ2) is 11.6. The topological polar surface area (TPSA) is 154 Å². The van der Waals surface area contributed by atoms with E-state index in [1.807, 2.05) is 12.1 Å². The molecule has 0 atom stereocenters. The molecule has 2 aromatic carbocycles. The average molecular weight is 532 g/mol. The molecular formula is C26H26FN9O3. The van der Waals surface area contributed by atoms with E-state index >= 15 is 0 Å². The lowest BCUT2D eigenvalue weighted by Gasteiger charge is -2.29. The largest absolute Gasteiger partial charge is 0.495 e. The molecule has 200 valence electrons. The fourth-order valence-corrected chi connectivity index (χ4v) is 3.71. The van der Waals surface area contributed by atoms with Gasteiger partial charge in [-0.05, 0) is 18.2 Å². The minimum Gasteiger partial charge on any atom is -0.495 e. The lowest BCUT2D eigenvalue weighted by molar-refractivity contribution is 0.380. The fraction of sp³-hybridized carbons (Fsp3) is 0.192. The maximum Gasteiger partial charge on any atom is 0.316 e. The summed E-state index contributed by atoms with van der Waals surface area (Å²) in [6.07, 6.45) is 7.20. The number of fused-ring (bicyclic) bond motifs is 1. The maximum absolute atomic E-state index is 14.9. The molecule has 1 saturated heterocycles. The maximum atomic E-state index is 14.9. The summed E-state index contributed by atoms with van der Waals surface area (Å²) in [4.78, 5) is 20.8. The van der Waals surface area contributed by atoms with Crippen molar-refractivity contribution >= 4 is 40.0 Å². The van der Waals surface area contributed by atoms with Crippen molar-refractivity contribution in [1.29, 1.82) is 0 Å². The van der Waals surface area contributed by atoms with Crippen molar-refractivity contribution in [3.63, 3.8) is 0 Å². The monoisotopic (exact) mass is 531 g/mol.